The molecule has 0 N–H and O–H groups in total. The van der Waals surface area contributed by atoms with E-state index >= 15 is 0 Å². The fourth-order valence-corrected chi connectivity index (χ4v) is 5.39. The van der Waals surface area contributed by atoms with Crippen molar-refractivity contribution in [3.8, 4) is 10.8 Å². The van der Waals surface area contributed by atoms with Gasteiger partial charge in [0.05, 0.1) is 9.77 Å². The van der Waals surface area contributed by atoms with Crippen molar-refractivity contribution in [3.63, 3.8) is 0 Å². The van der Waals surface area contributed by atoms with Crippen LogP contribution in [0.15, 0.2) is 45.0 Å². The van der Waals surface area contributed by atoms with Gasteiger partial charge in [-0.15, -0.1) is 21.5 Å². The number of hydrogen-bond donors (Lipinski definition) is 0. The van der Waals surface area contributed by atoms with Gasteiger partial charge in [0.1, 0.15) is 6.04 Å². The highest BCUT2D eigenvalue weighted by molar-refractivity contribution is 7.89. The van der Waals surface area contributed by atoms with Crippen LogP contribution in [0.5, 0.6) is 0 Å². The summed E-state index contributed by atoms with van der Waals surface area (Å²) in [7, 11) is -4.04. The highest BCUT2D eigenvalue weighted by atomic mass is 32.2. The molecule has 3 heterocycles. The van der Waals surface area contributed by atoms with Crippen LogP contribution < -0.4 is 0 Å². The lowest BCUT2D eigenvalue weighted by atomic mass is 10.1. The summed E-state index contributed by atoms with van der Waals surface area (Å²) in [6.07, 6.45) is 1.96. The van der Waals surface area contributed by atoms with Crippen LogP contribution in [-0.4, -0.2) is 29.5 Å². The maximum atomic E-state index is 13.6. The lowest BCUT2D eigenvalue weighted by Crippen LogP contribution is -2.38. The average Bonchev–Trinajstić information content (AvgIpc) is 3.35. The molecule has 1 unspecified atom stereocenters. The Balaban J connectivity index is 1.69. The van der Waals surface area contributed by atoms with Gasteiger partial charge < -0.3 is 4.42 Å². The number of piperidine rings is 1. The molecule has 0 aliphatic carbocycles. The van der Waals surface area contributed by atoms with E-state index in [1.165, 1.54) is 15.6 Å². The van der Waals surface area contributed by atoms with Gasteiger partial charge in [-0.1, -0.05) is 12.5 Å². The van der Waals surface area contributed by atoms with Gasteiger partial charge in [0.25, 0.3) is 5.89 Å². The van der Waals surface area contributed by atoms with Crippen molar-refractivity contribution in [3.05, 3.63) is 53.2 Å². The number of benzene rings is 1. The molecule has 1 aliphatic heterocycles. The summed E-state index contributed by atoms with van der Waals surface area (Å²) in [5, 5.41) is 9.92. The SMILES string of the molecule is O=S(=O)(c1ccc(F)c(F)c1)N1CCCCC1c1nnc(-c2cccs2)o1. The molecular formula is C17H15F2N3O3S2. The van der Waals surface area contributed by atoms with E-state index in [1.807, 2.05) is 17.5 Å². The average molecular weight is 411 g/mol. The van der Waals surface area contributed by atoms with Crippen LogP contribution in [0, 0.1) is 11.6 Å². The molecule has 0 saturated carbocycles. The third-order valence-corrected chi connectivity index (χ3v) is 7.17. The molecule has 1 atom stereocenters. The van der Waals surface area contributed by atoms with E-state index in [0.29, 0.717) is 24.8 Å². The summed E-state index contributed by atoms with van der Waals surface area (Å²) in [5.41, 5.74) is 0. The van der Waals surface area contributed by atoms with Gasteiger partial charge in [-0.2, -0.15) is 4.31 Å². The molecule has 0 spiro atoms. The number of rotatable bonds is 4. The second-order valence-electron chi connectivity index (χ2n) is 6.13. The number of halogens is 2. The highest BCUT2D eigenvalue weighted by Gasteiger charge is 2.37. The maximum absolute atomic E-state index is 13.6. The summed E-state index contributed by atoms with van der Waals surface area (Å²) in [6.45, 7) is 0.239. The van der Waals surface area contributed by atoms with Crippen molar-refractivity contribution >= 4 is 21.4 Å². The third-order valence-electron chi connectivity index (χ3n) is 4.41. The Labute approximate surface area is 158 Å². The fourth-order valence-electron chi connectivity index (χ4n) is 3.08. The van der Waals surface area contributed by atoms with Crippen LogP contribution in [0.1, 0.15) is 31.2 Å². The monoisotopic (exact) mass is 411 g/mol. The number of nitrogens with zero attached hydrogens (tertiary/aromatic N) is 3. The molecular weight excluding hydrogens is 396 g/mol. The maximum Gasteiger partial charge on any atom is 0.257 e. The smallest absolute Gasteiger partial charge is 0.257 e. The van der Waals surface area contributed by atoms with Crippen LogP contribution in [0.3, 0.4) is 0 Å². The summed E-state index contributed by atoms with van der Waals surface area (Å²) in [4.78, 5) is 0.492. The number of hydrogen-bond acceptors (Lipinski definition) is 6. The summed E-state index contributed by atoms with van der Waals surface area (Å²) in [5.74, 6) is -1.77. The van der Waals surface area contributed by atoms with Gasteiger partial charge in [-0.25, -0.2) is 17.2 Å². The second-order valence-corrected chi connectivity index (χ2v) is 8.96. The first-order valence-corrected chi connectivity index (χ1v) is 10.6. The summed E-state index contributed by atoms with van der Waals surface area (Å²) >= 11 is 1.44. The Bertz CT molecular complexity index is 1050. The Morgan fingerprint density at radius 2 is 2.00 bits per heavy atom. The quantitative estimate of drug-likeness (QED) is 0.649. The van der Waals surface area contributed by atoms with E-state index in [2.05, 4.69) is 10.2 Å². The predicted octanol–water partition coefficient (Wildman–Crippen LogP) is 3.99. The summed E-state index contributed by atoms with van der Waals surface area (Å²) in [6, 6.07) is 5.61. The van der Waals surface area contributed by atoms with E-state index in [4.69, 9.17) is 4.42 Å². The molecule has 1 aliphatic rings. The van der Waals surface area contributed by atoms with Gasteiger partial charge in [0.15, 0.2) is 11.6 Å². The molecule has 4 rings (SSSR count). The van der Waals surface area contributed by atoms with Crippen molar-refractivity contribution in [1.82, 2.24) is 14.5 Å². The Hall–Kier alpha value is -2.17. The van der Waals surface area contributed by atoms with Crippen molar-refractivity contribution in [2.75, 3.05) is 6.54 Å². The molecule has 2 aromatic heterocycles. The first kappa shape index (κ1) is 18.2. The molecule has 27 heavy (non-hydrogen) atoms. The second kappa shape index (κ2) is 7.10. The zero-order valence-corrected chi connectivity index (χ0v) is 15.6. The molecule has 3 aromatic rings. The topological polar surface area (TPSA) is 76.3 Å². The number of sulfonamides is 1. The minimum atomic E-state index is -4.04. The van der Waals surface area contributed by atoms with Crippen LogP contribution >= 0.6 is 11.3 Å². The van der Waals surface area contributed by atoms with E-state index in [9.17, 15) is 17.2 Å². The first-order chi connectivity index (χ1) is 13.0. The van der Waals surface area contributed by atoms with Crippen molar-refractivity contribution < 1.29 is 21.6 Å². The minimum absolute atomic E-state index is 0.198. The highest BCUT2D eigenvalue weighted by Crippen LogP contribution is 2.36. The molecule has 1 aromatic carbocycles. The molecule has 0 radical (unpaired) electrons. The fraction of sp³-hybridized carbons (Fsp3) is 0.294. The lowest BCUT2D eigenvalue weighted by Gasteiger charge is -2.32. The number of thiophene rings is 1. The number of aromatic nitrogens is 2. The minimum Gasteiger partial charge on any atom is -0.418 e. The van der Waals surface area contributed by atoms with Crippen molar-refractivity contribution in [2.24, 2.45) is 0 Å². The Morgan fingerprint density at radius 3 is 2.74 bits per heavy atom. The molecule has 10 heteroatoms. The van der Waals surface area contributed by atoms with E-state index < -0.39 is 27.7 Å². The van der Waals surface area contributed by atoms with Crippen LogP contribution in [-0.2, 0) is 10.0 Å². The van der Waals surface area contributed by atoms with Crippen LogP contribution in [0.25, 0.3) is 10.8 Å². The molecule has 1 saturated heterocycles. The zero-order valence-electron chi connectivity index (χ0n) is 14.0. The zero-order chi connectivity index (χ0) is 19.0. The van der Waals surface area contributed by atoms with Crippen molar-refractivity contribution in [1.29, 1.82) is 0 Å². The molecule has 0 bridgehead atoms. The van der Waals surface area contributed by atoms with Gasteiger partial charge in [-0.3, -0.25) is 0 Å². The molecule has 6 nitrogen and oxygen atoms in total. The lowest BCUT2D eigenvalue weighted by molar-refractivity contribution is 0.220. The molecule has 1 fully saturated rings. The van der Waals surface area contributed by atoms with Gasteiger partial charge in [0, 0.05) is 6.54 Å². The predicted molar refractivity (Wildman–Crippen MR) is 94.5 cm³/mol. The Morgan fingerprint density at radius 1 is 1.15 bits per heavy atom. The molecule has 0 amide bonds. The normalized spacial score (nSPS) is 18.7. The molecule has 142 valence electrons. The summed E-state index contributed by atoms with van der Waals surface area (Å²) < 4.78 is 59.7. The first-order valence-electron chi connectivity index (χ1n) is 8.31. The largest absolute Gasteiger partial charge is 0.418 e. The van der Waals surface area contributed by atoms with E-state index in [1.54, 1.807) is 0 Å². The van der Waals surface area contributed by atoms with E-state index in [0.717, 1.165) is 23.4 Å². The van der Waals surface area contributed by atoms with Gasteiger partial charge in [0.2, 0.25) is 15.9 Å². The van der Waals surface area contributed by atoms with E-state index in [-0.39, 0.29) is 17.3 Å². The standard InChI is InChI=1S/C17H15F2N3O3S2/c18-12-7-6-11(10-13(12)19)27(23,24)22-8-2-1-4-14(22)16-20-21-17(25-16)15-5-3-9-26-15/h3,5-7,9-10,14H,1-2,4,8H2. The Kier molecular flexibility index (Phi) is 4.79. The van der Waals surface area contributed by atoms with Crippen LogP contribution in [0.4, 0.5) is 8.78 Å². The van der Waals surface area contributed by atoms with Crippen LogP contribution in [0.2, 0.25) is 0 Å². The third kappa shape index (κ3) is 3.40. The van der Waals surface area contributed by atoms with Gasteiger partial charge in [-0.05, 0) is 42.5 Å². The van der Waals surface area contributed by atoms with Gasteiger partial charge >= 0.3 is 0 Å². The van der Waals surface area contributed by atoms with Crippen molar-refractivity contribution in [2.45, 2.75) is 30.2 Å².